The van der Waals surface area contributed by atoms with Crippen LogP contribution in [-0.2, 0) is 21.2 Å². The predicted molar refractivity (Wildman–Crippen MR) is 120 cm³/mol. The van der Waals surface area contributed by atoms with Crippen molar-refractivity contribution in [3.8, 4) is 0 Å². The number of rotatable bonds is 8. The van der Waals surface area contributed by atoms with Crippen LogP contribution in [0.15, 0.2) is 73.1 Å². The summed E-state index contributed by atoms with van der Waals surface area (Å²) in [7, 11) is -3.78. The molecule has 0 aliphatic carbocycles. The molecule has 0 saturated carbocycles. The molecule has 3 aromatic rings. The summed E-state index contributed by atoms with van der Waals surface area (Å²) in [6.07, 6.45) is 5.49. The number of carbonyl (C=O) groups is 1. The zero-order chi connectivity index (χ0) is 22.4. The van der Waals surface area contributed by atoms with Crippen LogP contribution in [0.2, 0.25) is 0 Å². The molecule has 0 aliphatic heterocycles. The molecule has 0 saturated heterocycles. The molecule has 162 valence electrons. The summed E-state index contributed by atoms with van der Waals surface area (Å²) in [5.74, 6) is -0.944. The minimum Gasteiger partial charge on any atom is -0.324 e. The first-order valence-electron chi connectivity index (χ1n) is 9.81. The van der Waals surface area contributed by atoms with Crippen LogP contribution in [0.3, 0.4) is 0 Å². The van der Waals surface area contributed by atoms with E-state index in [1.165, 1.54) is 24.3 Å². The average molecular weight is 442 g/mol. The van der Waals surface area contributed by atoms with Gasteiger partial charge in [0.2, 0.25) is 15.9 Å². The molecule has 0 aliphatic rings. The Labute approximate surface area is 181 Å². The third-order valence-electron chi connectivity index (χ3n) is 4.79. The molecule has 1 atom stereocenters. The second-order valence-corrected chi connectivity index (χ2v) is 9.04. The number of anilines is 2. The van der Waals surface area contributed by atoms with Gasteiger partial charge in [0.25, 0.3) is 0 Å². The number of nitrogens with zero attached hydrogens (tertiary/aromatic N) is 2. The van der Waals surface area contributed by atoms with E-state index in [2.05, 4.69) is 10.3 Å². The molecule has 6 nitrogen and oxygen atoms in total. The third kappa shape index (κ3) is 5.88. The molecule has 31 heavy (non-hydrogen) atoms. The van der Waals surface area contributed by atoms with Gasteiger partial charge < -0.3 is 5.32 Å². The van der Waals surface area contributed by atoms with Gasteiger partial charge in [-0.25, -0.2) is 12.8 Å². The number of sulfonamides is 1. The molecule has 8 heteroatoms. The number of nitrogens with one attached hydrogen (secondary N) is 1. The van der Waals surface area contributed by atoms with E-state index in [0.717, 1.165) is 28.1 Å². The molecular formula is C23H24FN3O3S. The van der Waals surface area contributed by atoms with Crippen LogP contribution >= 0.6 is 0 Å². The number of amides is 1. The Kier molecular flexibility index (Phi) is 7.02. The Hall–Kier alpha value is -3.26. The first-order valence-corrected chi connectivity index (χ1v) is 11.7. The number of pyridine rings is 1. The SMILES string of the molecule is CCC(C(=O)Nc1ccc(Cc2ccncc2)cc1)N(c1ccc(F)cc1)S(C)(=O)=O. The van der Waals surface area contributed by atoms with Gasteiger partial charge in [0.1, 0.15) is 11.9 Å². The Morgan fingerprint density at radius 1 is 1.00 bits per heavy atom. The van der Waals surface area contributed by atoms with Crippen LogP contribution in [0.4, 0.5) is 15.8 Å². The topological polar surface area (TPSA) is 79.4 Å². The van der Waals surface area contributed by atoms with Gasteiger partial charge in [-0.15, -0.1) is 0 Å². The number of benzene rings is 2. The van der Waals surface area contributed by atoms with Gasteiger partial charge >= 0.3 is 0 Å². The lowest BCUT2D eigenvalue weighted by Crippen LogP contribution is -2.47. The van der Waals surface area contributed by atoms with Gasteiger partial charge in [-0.1, -0.05) is 19.1 Å². The standard InChI is InChI=1S/C23H24FN3O3S/c1-3-22(27(31(2,29)30)21-10-6-19(24)7-11-21)23(28)26-20-8-4-17(5-9-20)16-18-12-14-25-15-13-18/h4-15,22H,3,16H2,1-2H3,(H,26,28). The van der Waals surface area contributed by atoms with Crippen molar-refractivity contribution in [2.24, 2.45) is 0 Å². The molecule has 0 spiro atoms. The number of aromatic nitrogens is 1. The van der Waals surface area contributed by atoms with E-state index in [9.17, 15) is 17.6 Å². The van der Waals surface area contributed by atoms with Crippen molar-refractivity contribution in [3.63, 3.8) is 0 Å². The van der Waals surface area contributed by atoms with Crippen LogP contribution in [-0.4, -0.2) is 31.6 Å². The molecule has 1 amide bonds. The van der Waals surface area contributed by atoms with E-state index in [4.69, 9.17) is 0 Å². The lowest BCUT2D eigenvalue weighted by atomic mass is 10.1. The normalized spacial score (nSPS) is 12.2. The smallest absolute Gasteiger partial charge is 0.248 e. The fraction of sp³-hybridized carbons (Fsp3) is 0.217. The molecule has 0 bridgehead atoms. The highest BCUT2D eigenvalue weighted by Crippen LogP contribution is 2.24. The first kappa shape index (κ1) is 22.4. The molecular weight excluding hydrogens is 417 g/mol. The second kappa shape index (κ2) is 9.70. The molecule has 1 heterocycles. The summed E-state index contributed by atoms with van der Waals surface area (Å²) in [6.45, 7) is 1.73. The quantitative estimate of drug-likeness (QED) is 0.573. The molecule has 0 fully saturated rings. The van der Waals surface area contributed by atoms with E-state index in [0.29, 0.717) is 5.69 Å². The summed E-state index contributed by atoms with van der Waals surface area (Å²) in [4.78, 5) is 17.0. The van der Waals surface area contributed by atoms with Gasteiger partial charge in [-0.05, 0) is 72.5 Å². The Morgan fingerprint density at radius 3 is 2.13 bits per heavy atom. The van der Waals surface area contributed by atoms with Gasteiger partial charge in [0.15, 0.2) is 0 Å². The van der Waals surface area contributed by atoms with Crippen molar-refractivity contribution in [1.82, 2.24) is 4.98 Å². The lowest BCUT2D eigenvalue weighted by Gasteiger charge is -2.30. The van der Waals surface area contributed by atoms with Gasteiger partial charge in [0.05, 0.1) is 11.9 Å². The maximum atomic E-state index is 13.3. The van der Waals surface area contributed by atoms with Crippen molar-refractivity contribution < 1.29 is 17.6 Å². The number of hydrogen-bond acceptors (Lipinski definition) is 4. The fourth-order valence-corrected chi connectivity index (χ4v) is 4.53. The Balaban J connectivity index is 1.77. The van der Waals surface area contributed by atoms with E-state index >= 15 is 0 Å². The zero-order valence-electron chi connectivity index (χ0n) is 17.3. The van der Waals surface area contributed by atoms with Crippen molar-refractivity contribution in [3.05, 3.63) is 90.0 Å². The van der Waals surface area contributed by atoms with Crippen LogP contribution in [0.5, 0.6) is 0 Å². The van der Waals surface area contributed by atoms with E-state index in [1.54, 1.807) is 31.5 Å². The second-order valence-electron chi connectivity index (χ2n) is 7.18. The maximum absolute atomic E-state index is 13.3. The third-order valence-corrected chi connectivity index (χ3v) is 5.97. The Bertz CT molecular complexity index is 1120. The van der Waals surface area contributed by atoms with Crippen molar-refractivity contribution in [2.75, 3.05) is 15.9 Å². The zero-order valence-corrected chi connectivity index (χ0v) is 18.1. The average Bonchev–Trinajstić information content (AvgIpc) is 2.74. The van der Waals surface area contributed by atoms with E-state index in [-0.39, 0.29) is 12.1 Å². The molecule has 2 aromatic carbocycles. The van der Waals surface area contributed by atoms with Crippen molar-refractivity contribution in [2.45, 2.75) is 25.8 Å². The van der Waals surface area contributed by atoms with Crippen molar-refractivity contribution >= 4 is 27.3 Å². The summed E-state index contributed by atoms with van der Waals surface area (Å²) < 4.78 is 39.2. The fourth-order valence-electron chi connectivity index (χ4n) is 3.32. The summed E-state index contributed by atoms with van der Waals surface area (Å²) >= 11 is 0. The minimum absolute atomic E-state index is 0.235. The van der Waals surface area contributed by atoms with Gasteiger partial charge in [-0.3, -0.25) is 14.1 Å². The molecule has 1 N–H and O–H groups in total. The number of carbonyl (C=O) groups excluding carboxylic acids is 1. The highest BCUT2D eigenvalue weighted by atomic mass is 32.2. The van der Waals surface area contributed by atoms with Crippen molar-refractivity contribution in [1.29, 1.82) is 0 Å². The first-order chi connectivity index (χ1) is 14.8. The van der Waals surface area contributed by atoms with E-state index < -0.39 is 27.8 Å². The molecule has 0 radical (unpaired) electrons. The highest BCUT2D eigenvalue weighted by molar-refractivity contribution is 7.92. The molecule has 3 rings (SSSR count). The number of halogens is 1. The predicted octanol–water partition coefficient (Wildman–Crippen LogP) is 3.99. The van der Waals surface area contributed by atoms with Crippen LogP contribution in [0, 0.1) is 5.82 Å². The largest absolute Gasteiger partial charge is 0.324 e. The molecule has 1 unspecified atom stereocenters. The summed E-state index contributed by atoms with van der Waals surface area (Å²) in [5, 5.41) is 2.79. The monoisotopic (exact) mass is 441 g/mol. The maximum Gasteiger partial charge on any atom is 0.248 e. The van der Waals surface area contributed by atoms with Crippen LogP contribution in [0.25, 0.3) is 0 Å². The summed E-state index contributed by atoms with van der Waals surface area (Å²) in [6, 6.07) is 15.3. The Morgan fingerprint density at radius 2 is 1.58 bits per heavy atom. The number of hydrogen-bond donors (Lipinski definition) is 1. The van der Waals surface area contributed by atoms with Crippen LogP contribution in [0.1, 0.15) is 24.5 Å². The summed E-state index contributed by atoms with van der Waals surface area (Å²) in [5.41, 5.74) is 2.99. The minimum atomic E-state index is -3.78. The van der Waals surface area contributed by atoms with E-state index in [1.807, 2.05) is 24.3 Å². The van der Waals surface area contributed by atoms with Gasteiger partial charge in [-0.2, -0.15) is 0 Å². The van der Waals surface area contributed by atoms with Gasteiger partial charge in [0, 0.05) is 18.1 Å². The van der Waals surface area contributed by atoms with Crippen LogP contribution < -0.4 is 9.62 Å². The lowest BCUT2D eigenvalue weighted by molar-refractivity contribution is -0.117. The highest BCUT2D eigenvalue weighted by Gasteiger charge is 2.31. The molecule has 1 aromatic heterocycles.